The fourth-order valence-electron chi connectivity index (χ4n) is 1.05. The molecule has 3 nitrogen and oxygen atoms in total. The summed E-state index contributed by atoms with van der Waals surface area (Å²) in [5.74, 6) is -0.124. The first-order valence-electron chi connectivity index (χ1n) is 4.28. The van der Waals surface area contributed by atoms with Gasteiger partial charge in [-0.3, -0.25) is 9.00 Å². The van der Waals surface area contributed by atoms with E-state index in [1.807, 2.05) is 24.3 Å². The van der Waals surface area contributed by atoms with Crippen molar-refractivity contribution in [3.05, 3.63) is 34.3 Å². The van der Waals surface area contributed by atoms with E-state index in [4.69, 9.17) is 0 Å². The van der Waals surface area contributed by atoms with Gasteiger partial charge < -0.3 is 4.74 Å². The zero-order valence-corrected chi connectivity index (χ0v) is 10.6. The largest absolute Gasteiger partial charge is 0.468 e. The molecule has 0 saturated heterocycles. The minimum atomic E-state index is -1.20. The molecule has 0 aliphatic rings. The third-order valence-corrected chi connectivity index (χ3v) is 3.43. The lowest BCUT2D eigenvalue weighted by molar-refractivity contribution is -0.137. The highest BCUT2D eigenvalue weighted by molar-refractivity contribution is 9.10. The van der Waals surface area contributed by atoms with Crippen LogP contribution in [0.15, 0.2) is 28.7 Å². The summed E-state index contributed by atoms with van der Waals surface area (Å²) in [5.41, 5.74) is 0.937. The average Bonchev–Trinajstić information content (AvgIpc) is 2.17. The number of benzene rings is 1. The molecule has 0 aliphatic heterocycles. The van der Waals surface area contributed by atoms with Crippen molar-refractivity contribution >= 4 is 32.7 Å². The van der Waals surface area contributed by atoms with E-state index in [2.05, 4.69) is 20.7 Å². The molecule has 0 heterocycles. The van der Waals surface area contributed by atoms with Crippen molar-refractivity contribution in [2.75, 3.05) is 12.9 Å². The molecule has 15 heavy (non-hydrogen) atoms. The van der Waals surface area contributed by atoms with Gasteiger partial charge in [-0.15, -0.1) is 0 Å². The first-order chi connectivity index (χ1) is 7.11. The van der Waals surface area contributed by atoms with E-state index in [-0.39, 0.29) is 5.75 Å². The van der Waals surface area contributed by atoms with Crippen LogP contribution in [-0.2, 0) is 26.1 Å². The molecule has 0 fully saturated rings. The number of hydrogen-bond acceptors (Lipinski definition) is 3. The predicted octanol–water partition coefficient (Wildman–Crippen LogP) is 1.87. The van der Waals surface area contributed by atoms with Crippen molar-refractivity contribution in [3.8, 4) is 0 Å². The van der Waals surface area contributed by atoms with Crippen LogP contribution in [-0.4, -0.2) is 23.0 Å². The van der Waals surface area contributed by atoms with Gasteiger partial charge in [0.1, 0.15) is 5.75 Å². The fourth-order valence-corrected chi connectivity index (χ4v) is 2.53. The topological polar surface area (TPSA) is 43.4 Å². The quantitative estimate of drug-likeness (QED) is 0.795. The zero-order valence-electron chi connectivity index (χ0n) is 8.23. The summed E-state index contributed by atoms with van der Waals surface area (Å²) in [6, 6.07) is 7.52. The highest BCUT2D eigenvalue weighted by atomic mass is 79.9. The van der Waals surface area contributed by atoms with E-state index >= 15 is 0 Å². The van der Waals surface area contributed by atoms with Crippen LogP contribution in [0.3, 0.4) is 0 Å². The molecule has 5 heteroatoms. The second-order valence-electron chi connectivity index (χ2n) is 2.93. The normalized spacial score (nSPS) is 12.1. The molecule has 0 N–H and O–H groups in total. The van der Waals surface area contributed by atoms with Crippen molar-refractivity contribution in [1.29, 1.82) is 0 Å². The molecule has 0 amide bonds. The van der Waals surface area contributed by atoms with Crippen LogP contribution in [0.5, 0.6) is 0 Å². The lowest BCUT2D eigenvalue weighted by Crippen LogP contribution is -2.13. The highest BCUT2D eigenvalue weighted by Crippen LogP contribution is 2.13. The average molecular weight is 291 g/mol. The second-order valence-corrected chi connectivity index (χ2v) is 5.31. The molecule has 1 rings (SSSR count). The van der Waals surface area contributed by atoms with Crippen molar-refractivity contribution in [3.63, 3.8) is 0 Å². The van der Waals surface area contributed by atoms with E-state index < -0.39 is 16.8 Å². The standard InChI is InChI=1S/C10H11BrO3S/c1-14-10(12)7-15(13)6-8-3-2-4-9(11)5-8/h2-5H,6-7H2,1H3. The Labute approximate surface area is 99.4 Å². The molecule has 0 aromatic heterocycles. The fraction of sp³-hybridized carbons (Fsp3) is 0.300. The van der Waals surface area contributed by atoms with Gasteiger partial charge in [-0.2, -0.15) is 0 Å². The Morgan fingerprint density at radius 2 is 2.27 bits per heavy atom. The number of esters is 1. The first-order valence-corrected chi connectivity index (χ1v) is 6.56. The molecule has 1 unspecified atom stereocenters. The Morgan fingerprint density at radius 3 is 2.87 bits per heavy atom. The lowest BCUT2D eigenvalue weighted by Gasteiger charge is -2.02. The van der Waals surface area contributed by atoms with E-state index in [0.717, 1.165) is 10.0 Å². The SMILES string of the molecule is COC(=O)CS(=O)Cc1cccc(Br)c1. The van der Waals surface area contributed by atoms with Gasteiger partial charge in [0.2, 0.25) is 0 Å². The minimum Gasteiger partial charge on any atom is -0.468 e. The lowest BCUT2D eigenvalue weighted by atomic mass is 10.2. The number of methoxy groups -OCH3 is 1. The first kappa shape index (κ1) is 12.4. The second kappa shape index (κ2) is 6.02. The molecule has 0 saturated carbocycles. The summed E-state index contributed by atoms with van der Waals surface area (Å²) in [5, 5.41) is 0. The number of ether oxygens (including phenoxy) is 1. The van der Waals surface area contributed by atoms with Crippen LogP contribution in [0.25, 0.3) is 0 Å². The van der Waals surface area contributed by atoms with E-state index in [1.54, 1.807) is 0 Å². The van der Waals surface area contributed by atoms with Gasteiger partial charge in [-0.1, -0.05) is 28.1 Å². The molecule has 0 spiro atoms. The zero-order chi connectivity index (χ0) is 11.3. The summed E-state index contributed by atoms with van der Waals surface area (Å²) in [7, 11) is 0.0857. The molecule has 1 atom stereocenters. The highest BCUT2D eigenvalue weighted by Gasteiger charge is 2.08. The van der Waals surface area contributed by atoms with Gasteiger partial charge in [0.05, 0.1) is 7.11 Å². The van der Waals surface area contributed by atoms with Gasteiger partial charge in [0, 0.05) is 21.0 Å². The summed E-state index contributed by atoms with van der Waals surface area (Å²) in [6.07, 6.45) is 0. The Morgan fingerprint density at radius 1 is 1.53 bits per heavy atom. The summed E-state index contributed by atoms with van der Waals surface area (Å²) in [4.78, 5) is 10.9. The van der Waals surface area contributed by atoms with Gasteiger partial charge in [0.15, 0.2) is 0 Å². The van der Waals surface area contributed by atoms with E-state index in [1.165, 1.54) is 7.11 Å². The van der Waals surface area contributed by atoms with Gasteiger partial charge in [-0.05, 0) is 17.7 Å². The molecule has 1 aromatic rings. The number of halogens is 1. The number of rotatable bonds is 4. The Balaban J connectivity index is 2.55. The maximum Gasteiger partial charge on any atom is 0.318 e. The van der Waals surface area contributed by atoms with E-state index in [9.17, 15) is 9.00 Å². The van der Waals surface area contributed by atoms with Crippen molar-refractivity contribution in [2.45, 2.75) is 5.75 Å². The summed E-state index contributed by atoms with van der Waals surface area (Å²) in [6.45, 7) is 0. The molecule has 0 radical (unpaired) electrons. The molecule has 0 bridgehead atoms. The summed E-state index contributed by atoms with van der Waals surface area (Å²) < 4.78 is 16.9. The third-order valence-electron chi connectivity index (χ3n) is 1.72. The molecular weight excluding hydrogens is 280 g/mol. The maximum atomic E-state index is 11.5. The van der Waals surface area contributed by atoms with Gasteiger partial charge in [0.25, 0.3) is 0 Å². The van der Waals surface area contributed by atoms with Crippen LogP contribution in [0, 0.1) is 0 Å². The monoisotopic (exact) mass is 290 g/mol. The molecule has 82 valence electrons. The van der Waals surface area contributed by atoms with Crippen LogP contribution >= 0.6 is 15.9 Å². The predicted molar refractivity (Wildman–Crippen MR) is 62.9 cm³/mol. The molecule has 0 aliphatic carbocycles. The Kier molecular flexibility index (Phi) is 4.98. The third kappa shape index (κ3) is 4.57. The van der Waals surface area contributed by atoms with Gasteiger partial charge >= 0.3 is 5.97 Å². The van der Waals surface area contributed by atoms with Crippen molar-refractivity contribution < 1.29 is 13.7 Å². The number of carbonyl (C=O) groups is 1. The van der Waals surface area contributed by atoms with Crippen molar-refractivity contribution in [1.82, 2.24) is 0 Å². The maximum absolute atomic E-state index is 11.5. The van der Waals surface area contributed by atoms with Crippen LogP contribution < -0.4 is 0 Å². The van der Waals surface area contributed by atoms with Crippen LogP contribution in [0.1, 0.15) is 5.56 Å². The molecular formula is C10H11BrO3S. The summed E-state index contributed by atoms with van der Waals surface area (Å²) >= 11 is 3.33. The van der Waals surface area contributed by atoms with Crippen LogP contribution in [0.4, 0.5) is 0 Å². The van der Waals surface area contributed by atoms with Gasteiger partial charge in [-0.25, -0.2) is 0 Å². The van der Waals surface area contributed by atoms with E-state index in [0.29, 0.717) is 5.75 Å². The Hall–Kier alpha value is -0.680. The minimum absolute atomic E-state index is 0.0526. The Bertz CT molecular complexity index is 379. The number of hydrogen-bond donors (Lipinski definition) is 0. The van der Waals surface area contributed by atoms with Crippen molar-refractivity contribution in [2.24, 2.45) is 0 Å². The smallest absolute Gasteiger partial charge is 0.318 e. The number of carbonyl (C=O) groups excluding carboxylic acids is 1. The van der Waals surface area contributed by atoms with Crippen LogP contribution in [0.2, 0.25) is 0 Å². The molecule has 1 aromatic carbocycles.